The molecule has 0 bridgehead atoms. The Labute approximate surface area is 163 Å². The number of ether oxygens (including phenoxy) is 2. The van der Waals surface area contributed by atoms with E-state index in [2.05, 4.69) is 10.1 Å². The fourth-order valence-electron chi connectivity index (χ4n) is 2.76. The molecule has 7 nitrogen and oxygen atoms in total. The van der Waals surface area contributed by atoms with Crippen LogP contribution in [0.4, 0.5) is 10.5 Å². The van der Waals surface area contributed by atoms with Crippen molar-refractivity contribution in [1.82, 2.24) is 4.90 Å². The normalized spacial score (nSPS) is 15.2. The van der Waals surface area contributed by atoms with E-state index < -0.39 is 11.6 Å². The molecule has 0 atom stereocenters. The van der Waals surface area contributed by atoms with Crippen LogP contribution >= 0.6 is 11.6 Å². The molecule has 2 amide bonds. The van der Waals surface area contributed by atoms with Gasteiger partial charge in [-0.2, -0.15) is 0 Å². The SMILES string of the molecule is COC(=O)c1cc(NC(=O)C2CCN(C(=O)OC(C)(C)C)CC2)ccc1Cl. The molecule has 1 heterocycles. The molecule has 1 aliphatic heterocycles. The van der Waals surface area contributed by atoms with Crippen LogP contribution in [0.15, 0.2) is 18.2 Å². The van der Waals surface area contributed by atoms with Gasteiger partial charge in [-0.1, -0.05) is 11.6 Å². The van der Waals surface area contributed by atoms with Gasteiger partial charge >= 0.3 is 12.1 Å². The monoisotopic (exact) mass is 396 g/mol. The van der Waals surface area contributed by atoms with E-state index in [0.717, 1.165) is 0 Å². The number of carbonyl (C=O) groups is 3. The molecule has 2 rings (SSSR count). The van der Waals surface area contributed by atoms with Crippen molar-refractivity contribution < 1.29 is 23.9 Å². The molecule has 148 valence electrons. The summed E-state index contributed by atoms with van der Waals surface area (Å²) in [6, 6.07) is 4.65. The number of likely N-dealkylation sites (tertiary alicyclic amines) is 1. The zero-order chi connectivity index (χ0) is 20.2. The summed E-state index contributed by atoms with van der Waals surface area (Å²) >= 11 is 5.98. The van der Waals surface area contributed by atoms with Crippen LogP contribution in [0.1, 0.15) is 44.0 Å². The minimum Gasteiger partial charge on any atom is -0.465 e. The van der Waals surface area contributed by atoms with Gasteiger partial charge in [0, 0.05) is 24.7 Å². The largest absolute Gasteiger partial charge is 0.465 e. The van der Waals surface area contributed by atoms with Crippen molar-refractivity contribution >= 4 is 35.3 Å². The number of hydrogen-bond donors (Lipinski definition) is 1. The maximum absolute atomic E-state index is 12.5. The Kier molecular flexibility index (Phi) is 6.70. The van der Waals surface area contributed by atoms with Gasteiger partial charge < -0.3 is 19.7 Å². The summed E-state index contributed by atoms with van der Waals surface area (Å²) < 4.78 is 10.0. The lowest BCUT2D eigenvalue weighted by Crippen LogP contribution is -2.43. The maximum atomic E-state index is 12.5. The van der Waals surface area contributed by atoms with E-state index >= 15 is 0 Å². The number of hydrogen-bond acceptors (Lipinski definition) is 5. The first-order valence-corrected chi connectivity index (χ1v) is 9.15. The molecular weight excluding hydrogens is 372 g/mol. The smallest absolute Gasteiger partial charge is 0.410 e. The second kappa shape index (κ2) is 8.61. The first-order chi connectivity index (χ1) is 12.6. The number of rotatable bonds is 3. The van der Waals surface area contributed by atoms with Gasteiger partial charge in [-0.05, 0) is 51.8 Å². The lowest BCUT2D eigenvalue weighted by molar-refractivity contribution is -0.121. The molecule has 1 aromatic carbocycles. The Morgan fingerprint density at radius 2 is 1.81 bits per heavy atom. The van der Waals surface area contributed by atoms with Crippen LogP contribution in [0.3, 0.4) is 0 Å². The topological polar surface area (TPSA) is 84.9 Å². The van der Waals surface area contributed by atoms with Crippen molar-refractivity contribution in [3.05, 3.63) is 28.8 Å². The molecule has 0 radical (unpaired) electrons. The molecule has 27 heavy (non-hydrogen) atoms. The number of methoxy groups -OCH3 is 1. The Hall–Kier alpha value is -2.28. The predicted octanol–water partition coefficient (Wildman–Crippen LogP) is 3.71. The first kappa shape index (κ1) is 21.0. The number of benzene rings is 1. The van der Waals surface area contributed by atoms with Crippen LogP contribution in [-0.2, 0) is 14.3 Å². The van der Waals surface area contributed by atoms with Crippen LogP contribution in [0.2, 0.25) is 5.02 Å². The molecule has 1 aliphatic rings. The van der Waals surface area contributed by atoms with Gasteiger partial charge in [-0.25, -0.2) is 9.59 Å². The molecule has 0 saturated carbocycles. The van der Waals surface area contributed by atoms with Crippen molar-refractivity contribution in [1.29, 1.82) is 0 Å². The van der Waals surface area contributed by atoms with Gasteiger partial charge in [0.25, 0.3) is 0 Å². The van der Waals surface area contributed by atoms with Crippen molar-refractivity contribution in [2.75, 3.05) is 25.5 Å². The quantitative estimate of drug-likeness (QED) is 0.787. The molecule has 0 aliphatic carbocycles. The van der Waals surface area contributed by atoms with E-state index in [0.29, 0.717) is 31.6 Å². The number of carbonyl (C=O) groups excluding carboxylic acids is 3. The molecule has 0 spiro atoms. The molecule has 8 heteroatoms. The number of nitrogens with zero attached hydrogens (tertiary/aromatic N) is 1. The summed E-state index contributed by atoms with van der Waals surface area (Å²) in [5, 5.41) is 3.06. The van der Waals surface area contributed by atoms with Gasteiger partial charge in [-0.15, -0.1) is 0 Å². The molecule has 1 saturated heterocycles. The molecule has 1 aromatic rings. The third-order valence-corrected chi connectivity index (χ3v) is 4.49. The second-order valence-electron chi connectivity index (χ2n) is 7.42. The highest BCUT2D eigenvalue weighted by Gasteiger charge is 2.30. The van der Waals surface area contributed by atoms with Gasteiger partial charge in [0.15, 0.2) is 0 Å². The van der Waals surface area contributed by atoms with E-state index in [1.807, 2.05) is 20.8 Å². The highest BCUT2D eigenvalue weighted by Crippen LogP contribution is 2.24. The standard InChI is InChI=1S/C19H25ClN2O5/c1-19(2,3)27-18(25)22-9-7-12(8-10-22)16(23)21-13-5-6-15(20)14(11-13)17(24)26-4/h5-6,11-12H,7-10H2,1-4H3,(H,21,23). The molecular formula is C19H25ClN2O5. The van der Waals surface area contributed by atoms with Gasteiger partial charge in [-0.3, -0.25) is 4.79 Å². The third kappa shape index (κ3) is 5.85. The fourth-order valence-corrected chi connectivity index (χ4v) is 2.96. The molecule has 0 unspecified atom stereocenters. The highest BCUT2D eigenvalue weighted by molar-refractivity contribution is 6.33. The van der Waals surface area contributed by atoms with E-state index in [1.54, 1.807) is 11.0 Å². The third-order valence-electron chi connectivity index (χ3n) is 4.16. The van der Waals surface area contributed by atoms with Gasteiger partial charge in [0.2, 0.25) is 5.91 Å². The minimum atomic E-state index is -0.568. The Bertz CT molecular complexity index is 721. The number of amides is 2. The van der Waals surface area contributed by atoms with Crippen molar-refractivity contribution in [3.8, 4) is 0 Å². The maximum Gasteiger partial charge on any atom is 0.410 e. The summed E-state index contributed by atoms with van der Waals surface area (Å²) in [6.45, 7) is 6.38. The summed E-state index contributed by atoms with van der Waals surface area (Å²) in [5.74, 6) is -0.945. The summed E-state index contributed by atoms with van der Waals surface area (Å²) in [4.78, 5) is 37.9. The van der Waals surface area contributed by atoms with E-state index in [-0.39, 0.29) is 28.5 Å². The van der Waals surface area contributed by atoms with Crippen LogP contribution < -0.4 is 5.32 Å². The second-order valence-corrected chi connectivity index (χ2v) is 7.82. The minimum absolute atomic E-state index is 0.156. The van der Waals surface area contributed by atoms with Crippen LogP contribution in [-0.4, -0.2) is 48.7 Å². The van der Waals surface area contributed by atoms with Crippen LogP contribution in [0.5, 0.6) is 0 Å². The first-order valence-electron chi connectivity index (χ1n) is 8.77. The lowest BCUT2D eigenvalue weighted by atomic mass is 9.96. The van der Waals surface area contributed by atoms with Crippen molar-refractivity contribution in [2.45, 2.75) is 39.2 Å². The van der Waals surface area contributed by atoms with E-state index in [9.17, 15) is 14.4 Å². The number of anilines is 1. The molecule has 0 aromatic heterocycles. The molecule has 1 fully saturated rings. The predicted molar refractivity (Wildman–Crippen MR) is 102 cm³/mol. The number of nitrogens with one attached hydrogen (secondary N) is 1. The van der Waals surface area contributed by atoms with Crippen LogP contribution in [0, 0.1) is 5.92 Å². The Balaban J connectivity index is 1.93. The zero-order valence-electron chi connectivity index (χ0n) is 16.0. The average Bonchev–Trinajstić information content (AvgIpc) is 2.61. The number of esters is 1. The average molecular weight is 397 g/mol. The Morgan fingerprint density at radius 1 is 1.19 bits per heavy atom. The fraction of sp³-hybridized carbons (Fsp3) is 0.526. The van der Waals surface area contributed by atoms with Gasteiger partial charge in [0.05, 0.1) is 17.7 Å². The van der Waals surface area contributed by atoms with Crippen molar-refractivity contribution in [2.24, 2.45) is 5.92 Å². The van der Waals surface area contributed by atoms with Crippen LogP contribution in [0.25, 0.3) is 0 Å². The summed E-state index contributed by atoms with van der Waals surface area (Å²) in [5.41, 5.74) is 0.119. The number of piperidine rings is 1. The highest BCUT2D eigenvalue weighted by atomic mass is 35.5. The van der Waals surface area contributed by atoms with E-state index in [4.69, 9.17) is 16.3 Å². The summed E-state index contributed by atoms with van der Waals surface area (Å²) in [6.07, 6.45) is 0.729. The van der Waals surface area contributed by atoms with Crippen molar-refractivity contribution in [3.63, 3.8) is 0 Å². The van der Waals surface area contributed by atoms with E-state index in [1.165, 1.54) is 19.2 Å². The lowest BCUT2D eigenvalue weighted by Gasteiger charge is -2.32. The number of halogens is 1. The Morgan fingerprint density at radius 3 is 2.37 bits per heavy atom. The van der Waals surface area contributed by atoms with Gasteiger partial charge in [0.1, 0.15) is 5.60 Å². The summed E-state index contributed by atoms with van der Waals surface area (Å²) in [7, 11) is 1.27. The molecule has 1 N–H and O–H groups in total. The zero-order valence-corrected chi connectivity index (χ0v) is 16.8.